The average Bonchev–Trinajstić information content (AvgIpc) is 3.01. The minimum absolute atomic E-state index is 0.570. The molecule has 1 fully saturated rings. The van der Waals surface area contributed by atoms with E-state index in [1.807, 2.05) is 12.1 Å². The van der Waals surface area contributed by atoms with E-state index in [9.17, 15) is 0 Å². The highest BCUT2D eigenvalue weighted by Gasteiger charge is 2.17. The second-order valence-corrected chi connectivity index (χ2v) is 5.83. The molecule has 0 amide bonds. The monoisotopic (exact) mass is 271 g/mol. The quantitative estimate of drug-likeness (QED) is 0.914. The smallest absolute Gasteiger partial charge is 0.247 e. The standard InChI is InChI=1S/C16H21N3O/c1-12-5-7-13(8-6-12)10-17-15-4-2-3-14(9-15)16-19-18-11-20-16/h2-4,9,11-13,17H,5-8,10H2,1H3. The van der Waals surface area contributed by atoms with E-state index in [1.54, 1.807) is 0 Å². The summed E-state index contributed by atoms with van der Waals surface area (Å²) in [4.78, 5) is 0. The molecule has 1 saturated carbocycles. The number of rotatable bonds is 4. The molecule has 3 rings (SSSR count). The molecular weight excluding hydrogens is 250 g/mol. The van der Waals surface area contributed by atoms with Crippen LogP contribution in [-0.4, -0.2) is 16.7 Å². The summed E-state index contributed by atoms with van der Waals surface area (Å²) in [6, 6.07) is 8.16. The second-order valence-electron chi connectivity index (χ2n) is 5.83. The van der Waals surface area contributed by atoms with Crippen molar-refractivity contribution >= 4 is 5.69 Å². The Hall–Kier alpha value is -1.84. The number of aromatic nitrogens is 2. The maximum Gasteiger partial charge on any atom is 0.247 e. The molecule has 1 aromatic heterocycles. The molecule has 0 unspecified atom stereocenters. The Morgan fingerprint density at radius 2 is 2.10 bits per heavy atom. The van der Waals surface area contributed by atoms with E-state index in [0.717, 1.165) is 29.6 Å². The van der Waals surface area contributed by atoms with E-state index in [0.29, 0.717) is 5.89 Å². The molecule has 0 spiro atoms. The number of anilines is 1. The summed E-state index contributed by atoms with van der Waals surface area (Å²) >= 11 is 0. The van der Waals surface area contributed by atoms with Gasteiger partial charge in [-0.2, -0.15) is 0 Å². The van der Waals surface area contributed by atoms with Crippen molar-refractivity contribution in [2.45, 2.75) is 32.6 Å². The van der Waals surface area contributed by atoms with E-state index in [-0.39, 0.29) is 0 Å². The third-order valence-corrected chi connectivity index (χ3v) is 4.20. The molecule has 1 aliphatic carbocycles. The van der Waals surface area contributed by atoms with Gasteiger partial charge in [-0.3, -0.25) is 0 Å². The summed E-state index contributed by atoms with van der Waals surface area (Å²) < 4.78 is 5.23. The van der Waals surface area contributed by atoms with Crippen LogP contribution < -0.4 is 5.32 Å². The predicted octanol–water partition coefficient (Wildman–Crippen LogP) is 3.97. The third kappa shape index (κ3) is 3.18. The lowest BCUT2D eigenvalue weighted by Crippen LogP contribution is -2.20. The van der Waals surface area contributed by atoms with Crippen molar-refractivity contribution in [3.05, 3.63) is 30.7 Å². The van der Waals surface area contributed by atoms with Gasteiger partial charge in [-0.25, -0.2) is 0 Å². The van der Waals surface area contributed by atoms with Crippen molar-refractivity contribution in [2.24, 2.45) is 11.8 Å². The summed E-state index contributed by atoms with van der Waals surface area (Å²) in [6.45, 7) is 3.41. The van der Waals surface area contributed by atoms with Gasteiger partial charge in [-0.05, 0) is 42.9 Å². The van der Waals surface area contributed by atoms with E-state index >= 15 is 0 Å². The second kappa shape index (κ2) is 6.07. The van der Waals surface area contributed by atoms with E-state index in [1.165, 1.54) is 32.1 Å². The minimum atomic E-state index is 0.570. The highest BCUT2D eigenvalue weighted by Crippen LogP contribution is 2.28. The fraction of sp³-hybridized carbons (Fsp3) is 0.500. The molecule has 106 valence electrons. The first-order chi connectivity index (χ1) is 9.81. The molecule has 0 aliphatic heterocycles. The SMILES string of the molecule is CC1CCC(CNc2cccc(-c3nnco3)c2)CC1. The first-order valence-corrected chi connectivity index (χ1v) is 7.42. The van der Waals surface area contributed by atoms with Crippen LogP contribution in [0.5, 0.6) is 0 Å². The van der Waals surface area contributed by atoms with Gasteiger partial charge in [0.15, 0.2) is 0 Å². The van der Waals surface area contributed by atoms with Crippen molar-refractivity contribution in [3.8, 4) is 11.5 Å². The van der Waals surface area contributed by atoms with Crippen molar-refractivity contribution in [1.29, 1.82) is 0 Å². The Labute approximate surface area is 119 Å². The topological polar surface area (TPSA) is 51.0 Å². The van der Waals surface area contributed by atoms with Gasteiger partial charge < -0.3 is 9.73 Å². The lowest BCUT2D eigenvalue weighted by Gasteiger charge is -2.26. The number of nitrogens with one attached hydrogen (secondary N) is 1. The normalized spacial score (nSPS) is 22.6. The molecule has 4 heteroatoms. The van der Waals surface area contributed by atoms with Crippen molar-refractivity contribution in [3.63, 3.8) is 0 Å². The van der Waals surface area contributed by atoms with Crippen molar-refractivity contribution in [1.82, 2.24) is 10.2 Å². The van der Waals surface area contributed by atoms with Gasteiger partial charge in [0.05, 0.1) is 0 Å². The maximum absolute atomic E-state index is 5.23. The van der Waals surface area contributed by atoms with Crippen LogP contribution in [0.25, 0.3) is 11.5 Å². The van der Waals surface area contributed by atoms with Crippen LogP contribution in [-0.2, 0) is 0 Å². The molecule has 0 bridgehead atoms. The first kappa shape index (κ1) is 13.2. The lowest BCUT2D eigenvalue weighted by molar-refractivity contribution is 0.300. The van der Waals surface area contributed by atoms with Gasteiger partial charge in [0.25, 0.3) is 0 Å². The van der Waals surface area contributed by atoms with Gasteiger partial charge in [0, 0.05) is 17.8 Å². The van der Waals surface area contributed by atoms with Gasteiger partial charge in [-0.1, -0.05) is 25.8 Å². The summed E-state index contributed by atoms with van der Waals surface area (Å²) in [7, 11) is 0. The molecule has 0 atom stereocenters. The van der Waals surface area contributed by atoms with Gasteiger partial charge in [0.1, 0.15) is 0 Å². The number of hydrogen-bond acceptors (Lipinski definition) is 4. The van der Waals surface area contributed by atoms with E-state index in [2.05, 4.69) is 34.6 Å². The first-order valence-electron chi connectivity index (χ1n) is 7.42. The number of hydrogen-bond donors (Lipinski definition) is 1. The highest BCUT2D eigenvalue weighted by atomic mass is 16.4. The molecule has 2 aromatic rings. The van der Waals surface area contributed by atoms with Crippen molar-refractivity contribution in [2.75, 3.05) is 11.9 Å². The molecule has 1 N–H and O–H groups in total. The van der Waals surface area contributed by atoms with Gasteiger partial charge in [-0.15, -0.1) is 10.2 Å². The van der Waals surface area contributed by atoms with E-state index < -0.39 is 0 Å². The Morgan fingerprint density at radius 3 is 2.85 bits per heavy atom. The third-order valence-electron chi connectivity index (χ3n) is 4.20. The fourth-order valence-corrected chi connectivity index (χ4v) is 2.86. The summed E-state index contributed by atoms with van der Waals surface area (Å²) in [6.07, 6.45) is 6.79. The number of benzene rings is 1. The summed E-state index contributed by atoms with van der Waals surface area (Å²) in [5.74, 6) is 2.28. The summed E-state index contributed by atoms with van der Waals surface area (Å²) in [5.41, 5.74) is 2.09. The summed E-state index contributed by atoms with van der Waals surface area (Å²) in [5, 5.41) is 11.2. The molecule has 0 saturated heterocycles. The molecular formula is C16H21N3O. The molecule has 20 heavy (non-hydrogen) atoms. The maximum atomic E-state index is 5.23. The van der Waals surface area contributed by atoms with Crippen molar-refractivity contribution < 1.29 is 4.42 Å². The molecule has 1 heterocycles. The van der Waals surface area contributed by atoms with Crippen LogP contribution in [0.4, 0.5) is 5.69 Å². The molecule has 0 radical (unpaired) electrons. The largest absolute Gasteiger partial charge is 0.423 e. The molecule has 1 aromatic carbocycles. The number of nitrogens with zero attached hydrogens (tertiary/aromatic N) is 2. The van der Waals surface area contributed by atoms with Crippen LogP contribution in [0.2, 0.25) is 0 Å². The van der Waals surface area contributed by atoms with Crippen LogP contribution >= 0.6 is 0 Å². The van der Waals surface area contributed by atoms with Crippen LogP contribution in [0.1, 0.15) is 32.6 Å². The van der Waals surface area contributed by atoms with Gasteiger partial charge in [0.2, 0.25) is 12.3 Å². The van der Waals surface area contributed by atoms with Crippen LogP contribution in [0.3, 0.4) is 0 Å². The Bertz CT molecular complexity index is 530. The fourth-order valence-electron chi connectivity index (χ4n) is 2.86. The predicted molar refractivity (Wildman–Crippen MR) is 79.3 cm³/mol. The van der Waals surface area contributed by atoms with Gasteiger partial charge >= 0.3 is 0 Å². The zero-order valence-corrected chi connectivity index (χ0v) is 11.9. The van der Waals surface area contributed by atoms with Crippen LogP contribution in [0, 0.1) is 11.8 Å². The molecule has 1 aliphatic rings. The average molecular weight is 271 g/mol. The van der Waals surface area contributed by atoms with Crippen LogP contribution in [0.15, 0.2) is 35.1 Å². The lowest BCUT2D eigenvalue weighted by atomic mass is 9.83. The zero-order chi connectivity index (χ0) is 13.8. The Kier molecular flexibility index (Phi) is 4.00. The Morgan fingerprint density at radius 1 is 1.25 bits per heavy atom. The zero-order valence-electron chi connectivity index (χ0n) is 11.9. The minimum Gasteiger partial charge on any atom is -0.423 e. The molecule has 4 nitrogen and oxygen atoms in total. The highest BCUT2D eigenvalue weighted by molar-refractivity contribution is 5.60. The Balaban J connectivity index is 1.59. The van der Waals surface area contributed by atoms with E-state index in [4.69, 9.17) is 4.42 Å².